The number of rotatable bonds is 5. The standard InChI is InChI=1S/C17H16ClN3O/c18-14-5-3-4-13(10-14)7-8-17(22)20-12-16-19-11-15-6-1-2-9-21(15)16/h1-6,9-11H,7-8,12H2,(H,20,22). The molecule has 1 aromatic carbocycles. The van der Waals surface area contributed by atoms with Gasteiger partial charge in [0.25, 0.3) is 0 Å². The van der Waals surface area contributed by atoms with Gasteiger partial charge >= 0.3 is 0 Å². The Balaban J connectivity index is 1.54. The minimum atomic E-state index is 0.00709. The Morgan fingerprint density at radius 2 is 2.14 bits per heavy atom. The minimum Gasteiger partial charge on any atom is -0.349 e. The smallest absolute Gasteiger partial charge is 0.220 e. The Morgan fingerprint density at radius 1 is 1.23 bits per heavy atom. The van der Waals surface area contributed by atoms with Crippen LogP contribution < -0.4 is 5.32 Å². The zero-order chi connectivity index (χ0) is 15.4. The molecule has 0 aliphatic heterocycles. The van der Waals surface area contributed by atoms with E-state index >= 15 is 0 Å². The Morgan fingerprint density at radius 3 is 3.00 bits per heavy atom. The highest BCUT2D eigenvalue weighted by Crippen LogP contribution is 2.12. The van der Waals surface area contributed by atoms with Crippen LogP contribution in [-0.2, 0) is 17.8 Å². The molecule has 2 aromatic heterocycles. The Kier molecular flexibility index (Phi) is 4.39. The zero-order valence-electron chi connectivity index (χ0n) is 12.0. The number of hydrogen-bond acceptors (Lipinski definition) is 2. The van der Waals surface area contributed by atoms with Crippen molar-refractivity contribution in [1.29, 1.82) is 0 Å². The second-order valence-corrected chi connectivity index (χ2v) is 5.51. The van der Waals surface area contributed by atoms with Crippen LogP contribution in [0.4, 0.5) is 0 Å². The molecule has 0 unspecified atom stereocenters. The predicted octanol–water partition coefficient (Wildman–Crippen LogP) is 3.24. The molecular weight excluding hydrogens is 298 g/mol. The molecule has 0 bridgehead atoms. The summed E-state index contributed by atoms with van der Waals surface area (Å²) in [7, 11) is 0. The summed E-state index contributed by atoms with van der Waals surface area (Å²) in [4.78, 5) is 16.3. The number of aromatic nitrogens is 2. The lowest BCUT2D eigenvalue weighted by Gasteiger charge is -2.05. The highest BCUT2D eigenvalue weighted by molar-refractivity contribution is 6.30. The monoisotopic (exact) mass is 313 g/mol. The molecule has 1 amide bonds. The van der Waals surface area contributed by atoms with Crippen LogP contribution in [0.5, 0.6) is 0 Å². The molecule has 0 radical (unpaired) electrons. The number of hydrogen-bond donors (Lipinski definition) is 1. The first-order valence-electron chi connectivity index (χ1n) is 7.14. The molecule has 1 N–H and O–H groups in total. The van der Waals surface area contributed by atoms with Crippen molar-refractivity contribution < 1.29 is 4.79 Å². The Hall–Kier alpha value is -2.33. The van der Waals surface area contributed by atoms with Crippen LogP contribution in [0.1, 0.15) is 17.8 Å². The van der Waals surface area contributed by atoms with Crippen molar-refractivity contribution in [1.82, 2.24) is 14.7 Å². The predicted molar refractivity (Wildman–Crippen MR) is 86.8 cm³/mol. The summed E-state index contributed by atoms with van der Waals surface area (Å²) in [5.41, 5.74) is 2.08. The average molecular weight is 314 g/mol. The molecule has 4 nitrogen and oxygen atoms in total. The van der Waals surface area contributed by atoms with E-state index in [4.69, 9.17) is 11.6 Å². The van der Waals surface area contributed by atoms with Gasteiger partial charge in [-0.15, -0.1) is 0 Å². The number of nitrogens with zero attached hydrogens (tertiary/aromatic N) is 2. The summed E-state index contributed by atoms with van der Waals surface area (Å²) >= 11 is 5.93. The number of nitrogens with one attached hydrogen (secondary N) is 1. The second-order valence-electron chi connectivity index (χ2n) is 5.08. The third-order valence-electron chi connectivity index (χ3n) is 3.49. The lowest BCUT2D eigenvalue weighted by molar-refractivity contribution is -0.121. The molecule has 3 rings (SSSR count). The van der Waals surface area contributed by atoms with Gasteiger partial charge in [0.2, 0.25) is 5.91 Å². The first-order valence-corrected chi connectivity index (χ1v) is 7.52. The summed E-state index contributed by atoms with van der Waals surface area (Å²) < 4.78 is 1.97. The quantitative estimate of drug-likeness (QED) is 0.786. The summed E-state index contributed by atoms with van der Waals surface area (Å²) in [6.07, 6.45) is 4.85. The molecule has 0 spiro atoms. The van der Waals surface area contributed by atoms with Gasteiger partial charge in [-0.1, -0.05) is 29.8 Å². The summed E-state index contributed by atoms with van der Waals surface area (Å²) in [5, 5.41) is 3.60. The van der Waals surface area contributed by atoms with Crippen LogP contribution in [0.2, 0.25) is 5.02 Å². The third kappa shape index (κ3) is 3.46. The molecule has 0 saturated carbocycles. The van der Waals surface area contributed by atoms with E-state index in [1.165, 1.54) is 0 Å². The number of amides is 1. The van der Waals surface area contributed by atoms with E-state index in [0.29, 0.717) is 24.4 Å². The molecule has 0 fully saturated rings. The van der Waals surface area contributed by atoms with Crippen molar-refractivity contribution in [3.63, 3.8) is 0 Å². The first-order chi connectivity index (χ1) is 10.7. The molecule has 0 aliphatic carbocycles. The first kappa shape index (κ1) is 14.6. The summed E-state index contributed by atoms with van der Waals surface area (Å²) in [6, 6.07) is 13.5. The summed E-state index contributed by atoms with van der Waals surface area (Å²) in [5.74, 6) is 0.833. The van der Waals surface area contributed by atoms with Gasteiger partial charge in [-0.3, -0.25) is 4.79 Å². The van der Waals surface area contributed by atoms with E-state index < -0.39 is 0 Å². The van der Waals surface area contributed by atoms with Crippen LogP contribution in [-0.4, -0.2) is 15.3 Å². The number of fused-ring (bicyclic) bond motifs is 1. The summed E-state index contributed by atoms with van der Waals surface area (Å²) in [6.45, 7) is 0.423. The fourth-order valence-electron chi connectivity index (χ4n) is 2.35. The number of aryl methyl sites for hydroxylation is 1. The van der Waals surface area contributed by atoms with Crippen molar-refractivity contribution in [3.05, 3.63) is 71.3 Å². The number of carbonyl (C=O) groups is 1. The van der Waals surface area contributed by atoms with Crippen LogP contribution in [0.25, 0.3) is 5.52 Å². The zero-order valence-corrected chi connectivity index (χ0v) is 12.8. The molecule has 22 heavy (non-hydrogen) atoms. The largest absolute Gasteiger partial charge is 0.349 e. The third-order valence-corrected chi connectivity index (χ3v) is 3.72. The SMILES string of the molecule is O=C(CCc1cccc(Cl)c1)NCc1ncc2ccccn12. The number of halogens is 1. The highest BCUT2D eigenvalue weighted by Gasteiger charge is 2.06. The minimum absolute atomic E-state index is 0.00709. The Labute approximate surface area is 133 Å². The van der Waals surface area contributed by atoms with Gasteiger partial charge < -0.3 is 9.72 Å². The van der Waals surface area contributed by atoms with Crippen LogP contribution >= 0.6 is 11.6 Å². The second kappa shape index (κ2) is 6.62. The maximum atomic E-state index is 12.0. The number of imidazole rings is 1. The molecule has 3 aromatic rings. The van der Waals surface area contributed by atoms with Crippen molar-refractivity contribution in [2.24, 2.45) is 0 Å². The van der Waals surface area contributed by atoms with E-state index in [1.807, 2.05) is 53.1 Å². The molecule has 0 saturated heterocycles. The molecule has 0 atom stereocenters. The van der Waals surface area contributed by atoms with Crippen LogP contribution in [0.15, 0.2) is 54.9 Å². The number of pyridine rings is 1. The highest BCUT2D eigenvalue weighted by atomic mass is 35.5. The topological polar surface area (TPSA) is 46.4 Å². The molecule has 5 heteroatoms. The maximum Gasteiger partial charge on any atom is 0.220 e. The van der Waals surface area contributed by atoms with Crippen molar-refractivity contribution in [2.45, 2.75) is 19.4 Å². The van der Waals surface area contributed by atoms with Gasteiger partial charge in [-0.05, 0) is 36.2 Å². The average Bonchev–Trinajstić information content (AvgIpc) is 2.94. The molecule has 2 heterocycles. The lowest BCUT2D eigenvalue weighted by Crippen LogP contribution is -2.24. The lowest BCUT2D eigenvalue weighted by atomic mass is 10.1. The number of benzene rings is 1. The maximum absolute atomic E-state index is 12.0. The van der Waals surface area contributed by atoms with Gasteiger partial charge in [-0.25, -0.2) is 4.98 Å². The number of carbonyl (C=O) groups excluding carboxylic acids is 1. The van der Waals surface area contributed by atoms with E-state index in [2.05, 4.69) is 10.3 Å². The van der Waals surface area contributed by atoms with Gasteiger partial charge in [0.1, 0.15) is 5.82 Å². The molecule has 112 valence electrons. The van der Waals surface area contributed by atoms with Crippen molar-refractivity contribution >= 4 is 23.0 Å². The van der Waals surface area contributed by atoms with Crippen LogP contribution in [0, 0.1) is 0 Å². The van der Waals surface area contributed by atoms with Crippen LogP contribution in [0.3, 0.4) is 0 Å². The van der Waals surface area contributed by atoms with Gasteiger partial charge in [0.15, 0.2) is 0 Å². The van der Waals surface area contributed by atoms with E-state index in [-0.39, 0.29) is 5.91 Å². The van der Waals surface area contributed by atoms with Crippen molar-refractivity contribution in [2.75, 3.05) is 0 Å². The van der Waals surface area contributed by atoms with E-state index in [0.717, 1.165) is 16.9 Å². The van der Waals surface area contributed by atoms with E-state index in [1.54, 1.807) is 6.20 Å². The van der Waals surface area contributed by atoms with Gasteiger partial charge in [0.05, 0.1) is 18.3 Å². The molecule has 0 aliphatic rings. The normalized spacial score (nSPS) is 10.8. The fraction of sp³-hybridized carbons (Fsp3) is 0.176. The van der Waals surface area contributed by atoms with Gasteiger partial charge in [0, 0.05) is 17.6 Å². The Bertz CT molecular complexity index is 797. The van der Waals surface area contributed by atoms with Gasteiger partial charge in [-0.2, -0.15) is 0 Å². The van der Waals surface area contributed by atoms with Crippen molar-refractivity contribution in [3.8, 4) is 0 Å². The fourth-order valence-corrected chi connectivity index (χ4v) is 2.56. The van der Waals surface area contributed by atoms with E-state index in [9.17, 15) is 4.79 Å². The molecular formula is C17H16ClN3O.